The summed E-state index contributed by atoms with van der Waals surface area (Å²) in [5, 5.41) is 3.16. The quantitative estimate of drug-likeness (QED) is 0.289. The van der Waals surface area contributed by atoms with Gasteiger partial charge < -0.3 is 4.90 Å². The predicted molar refractivity (Wildman–Crippen MR) is 129 cm³/mol. The van der Waals surface area contributed by atoms with Crippen molar-refractivity contribution in [3.05, 3.63) is 126 Å². The Morgan fingerprint density at radius 1 is 0.467 bits per heavy atom. The van der Waals surface area contributed by atoms with Gasteiger partial charge in [-0.1, -0.05) is 90.5 Å². The number of halogens is 1. The van der Waals surface area contributed by atoms with Crippen molar-refractivity contribution in [3.63, 3.8) is 0 Å². The van der Waals surface area contributed by atoms with Crippen LogP contribution in [0.25, 0.3) is 21.9 Å². The summed E-state index contributed by atoms with van der Waals surface area (Å²) >= 11 is 6.17. The molecule has 5 aromatic carbocycles. The van der Waals surface area contributed by atoms with E-state index in [2.05, 4.69) is 108 Å². The SMILES string of the molecule is Clc1ccc(N(c2ccc(-c3ccccc3)cc2)c2cccc3ccccc23)cc1. The standard InChI is InChI=1S/C28H20ClN/c29-24-15-19-26(20-16-24)30(28-12-6-10-23-9-4-5-11-27(23)28)25-17-13-22(14-18-25)21-7-2-1-3-8-21/h1-20H. The smallest absolute Gasteiger partial charge is 0.0540 e. The first-order chi connectivity index (χ1) is 14.8. The average molecular weight is 406 g/mol. The monoisotopic (exact) mass is 405 g/mol. The van der Waals surface area contributed by atoms with Crippen LogP contribution in [0.5, 0.6) is 0 Å². The Bertz CT molecular complexity index is 1270. The summed E-state index contributed by atoms with van der Waals surface area (Å²) in [6.07, 6.45) is 0. The van der Waals surface area contributed by atoms with Crippen LogP contribution < -0.4 is 4.90 Å². The third-order valence-corrected chi connectivity index (χ3v) is 5.58. The van der Waals surface area contributed by atoms with Crippen molar-refractivity contribution in [2.24, 2.45) is 0 Å². The second-order valence-corrected chi connectivity index (χ2v) is 7.66. The zero-order chi connectivity index (χ0) is 20.3. The molecule has 0 saturated carbocycles. The van der Waals surface area contributed by atoms with Gasteiger partial charge in [-0.25, -0.2) is 0 Å². The van der Waals surface area contributed by atoms with E-state index in [1.54, 1.807) is 0 Å². The van der Waals surface area contributed by atoms with Crippen LogP contribution in [0.15, 0.2) is 121 Å². The summed E-state index contributed by atoms with van der Waals surface area (Å²) < 4.78 is 0. The molecule has 0 saturated heterocycles. The molecule has 0 aliphatic carbocycles. The van der Waals surface area contributed by atoms with Gasteiger partial charge in [0.15, 0.2) is 0 Å². The summed E-state index contributed by atoms with van der Waals surface area (Å²) in [5.74, 6) is 0. The number of anilines is 3. The van der Waals surface area contributed by atoms with E-state index in [1.807, 2.05) is 18.2 Å². The minimum Gasteiger partial charge on any atom is -0.310 e. The van der Waals surface area contributed by atoms with Crippen LogP contribution in [-0.2, 0) is 0 Å². The van der Waals surface area contributed by atoms with Gasteiger partial charge in [0, 0.05) is 21.8 Å². The van der Waals surface area contributed by atoms with Crippen LogP contribution >= 0.6 is 11.6 Å². The molecule has 0 amide bonds. The first-order valence-corrected chi connectivity index (χ1v) is 10.4. The normalized spacial score (nSPS) is 10.8. The maximum atomic E-state index is 6.17. The van der Waals surface area contributed by atoms with Gasteiger partial charge in [-0.15, -0.1) is 0 Å². The Morgan fingerprint density at radius 2 is 1.03 bits per heavy atom. The summed E-state index contributed by atoms with van der Waals surface area (Å²) in [6.45, 7) is 0. The van der Waals surface area contributed by atoms with Crippen LogP contribution in [0.3, 0.4) is 0 Å². The van der Waals surface area contributed by atoms with Gasteiger partial charge in [-0.2, -0.15) is 0 Å². The molecular weight excluding hydrogens is 386 g/mol. The van der Waals surface area contributed by atoms with Crippen molar-refractivity contribution in [2.75, 3.05) is 4.90 Å². The Morgan fingerprint density at radius 3 is 1.77 bits per heavy atom. The maximum absolute atomic E-state index is 6.17. The van der Waals surface area contributed by atoms with Crippen LogP contribution in [0.4, 0.5) is 17.1 Å². The highest BCUT2D eigenvalue weighted by atomic mass is 35.5. The molecule has 0 atom stereocenters. The minimum atomic E-state index is 0.732. The van der Waals surface area contributed by atoms with E-state index in [0.717, 1.165) is 22.1 Å². The molecule has 0 N–H and O–H groups in total. The molecule has 5 rings (SSSR count). The molecule has 0 unspecified atom stereocenters. The average Bonchev–Trinajstić information content (AvgIpc) is 2.82. The molecule has 1 nitrogen and oxygen atoms in total. The lowest BCUT2D eigenvalue weighted by Gasteiger charge is -2.27. The highest BCUT2D eigenvalue weighted by Gasteiger charge is 2.15. The van der Waals surface area contributed by atoms with Crippen molar-refractivity contribution < 1.29 is 0 Å². The second-order valence-electron chi connectivity index (χ2n) is 7.22. The summed E-state index contributed by atoms with van der Waals surface area (Å²) in [7, 11) is 0. The molecule has 144 valence electrons. The number of hydrogen-bond acceptors (Lipinski definition) is 1. The fourth-order valence-corrected chi connectivity index (χ4v) is 3.98. The van der Waals surface area contributed by atoms with Gasteiger partial charge >= 0.3 is 0 Å². The Labute approximate surface area is 181 Å². The Hall–Kier alpha value is -3.55. The van der Waals surface area contributed by atoms with Crippen molar-refractivity contribution in [1.29, 1.82) is 0 Å². The van der Waals surface area contributed by atoms with Crippen LogP contribution in [0, 0.1) is 0 Å². The van der Waals surface area contributed by atoms with Crippen LogP contribution in [0.1, 0.15) is 0 Å². The van der Waals surface area contributed by atoms with Gasteiger partial charge in [0.25, 0.3) is 0 Å². The molecule has 0 aromatic heterocycles. The molecule has 5 aromatic rings. The molecule has 0 aliphatic heterocycles. The van der Waals surface area contributed by atoms with Crippen molar-refractivity contribution in [2.45, 2.75) is 0 Å². The number of rotatable bonds is 4. The number of fused-ring (bicyclic) bond motifs is 1. The summed E-state index contributed by atoms with van der Waals surface area (Å²) in [6, 6.07) is 42.1. The van der Waals surface area contributed by atoms with Gasteiger partial charge in [-0.3, -0.25) is 0 Å². The fourth-order valence-electron chi connectivity index (χ4n) is 3.85. The zero-order valence-electron chi connectivity index (χ0n) is 16.4. The number of nitrogens with zero attached hydrogens (tertiary/aromatic N) is 1. The van der Waals surface area contributed by atoms with Crippen molar-refractivity contribution in [1.82, 2.24) is 0 Å². The van der Waals surface area contributed by atoms with Crippen molar-refractivity contribution in [3.8, 4) is 11.1 Å². The van der Waals surface area contributed by atoms with E-state index >= 15 is 0 Å². The predicted octanol–water partition coefficient (Wildman–Crippen LogP) is 8.63. The molecule has 0 radical (unpaired) electrons. The lowest BCUT2D eigenvalue weighted by molar-refractivity contribution is 1.30. The zero-order valence-corrected chi connectivity index (χ0v) is 17.1. The first kappa shape index (κ1) is 18.5. The molecule has 0 spiro atoms. The molecule has 0 heterocycles. The maximum Gasteiger partial charge on any atom is 0.0540 e. The number of hydrogen-bond donors (Lipinski definition) is 0. The highest BCUT2D eigenvalue weighted by molar-refractivity contribution is 6.30. The lowest BCUT2D eigenvalue weighted by Crippen LogP contribution is -2.10. The van der Waals surface area contributed by atoms with Crippen LogP contribution in [-0.4, -0.2) is 0 Å². The van der Waals surface area contributed by atoms with Crippen LogP contribution in [0.2, 0.25) is 5.02 Å². The fraction of sp³-hybridized carbons (Fsp3) is 0. The third-order valence-electron chi connectivity index (χ3n) is 5.32. The van der Waals surface area contributed by atoms with Crippen molar-refractivity contribution >= 4 is 39.4 Å². The van der Waals surface area contributed by atoms with E-state index in [9.17, 15) is 0 Å². The Kier molecular flexibility index (Phi) is 4.96. The van der Waals surface area contributed by atoms with Gasteiger partial charge in [0.2, 0.25) is 0 Å². The van der Waals surface area contributed by atoms with E-state index in [1.165, 1.54) is 21.9 Å². The highest BCUT2D eigenvalue weighted by Crippen LogP contribution is 2.39. The Balaban J connectivity index is 1.66. The summed E-state index contributed by atoms with van der Waals surface area (Å²) in [5.41, 5.74) is 5.74. The largest absolute Gasteiger partial charge is 0.310 e. The molecule has 0 bridgehead atoms. The molecule has 30 heavy (non-hydrogen) atoms. The molecule has 0 fully saturated rings. The summed E-state index contributed by atoms with van der Waals surface area (Å²) in [4.78, 5) is 2.29. The van der Waals surface area contributed by atoms with Gasteiger partial charge in [-0.05, 0) is 59.0 Å². The second kappa shape index (κ2) is 8.06. The van der Waals surface area contributed by atoms with Gasteiger partial charge in [0.1, 0.15) is 0 Å². The van der Waals surface area contributed by atoms with E-state index < -0.39 is 0 Å². The molecule has 2 heteroatoms. The van der Waals surface area contributed by atoms with E-state index in [4.69, 9.17) is 11.6 Å². The lowest BCUT2D eigenvalue weighted by atomic mass is 10.0. The molecular formula is C28H20ClN. The number of benzene rings is 5. The topological polar surface area (TPSA) is 3.24 Å². The van der Waals surface area contributed by atoms with Gasteiger partial charge in [0.05, 0.1) is 5.69 Å². The minimum absolute atomic E-state index is 0.732. The van der Waals surface area contributed by atoms with E-state index in [0.29, 0.717) is 0 Å². The molecule has 0 aliphatic rings. The third kappa shape index (κ3) is 3.56. The first-order valence-electron chi connectivity index (χ1n) is 9.98. The van der Waals surface area contributed by atoms with E-state index in [-0.39, 0.29) is 0 Å².